The third kappa shape index (κ3) is 3.61. The number of halogens is 4. The van der Waals surface area contributed by atoms with Crippen LogP contribution in [0.4, 0.5) is 17.6 Å². The Morgan fingerprint density at radius 3 is 2.67 bits per heavy atom. The summed E-state index contributed by atoms with van der Waals surface area (Å²) in [4.78, 5) is 8.76. The summed E-state index contributed by atoms with van der Waals surface area (Å²) >= 11 is 0. The molecule has 6 nitrogen and oxygen atoms in total. The highest BCUT2D eigenvalue weighted by atomic mass is 19.3. The van der Waals surface area contributed by atoms with Gasteiger partial charge in [0, 0.05) is 35.3 Å². The molecule has 4 heterocycles. The summed E-state index contributed by atoms with van der Waals surface area (Å²) in [6.45, 7) is 0.610. The van der Waals surface area contributed by atoms with Crippen molar-refractivity contribution in [1.29, 1.82) is 5.26 Å². The van der Waals surface area contributed by atoms with Gasteiger partial charge in [0.2, 0.25) is 0 Å². The number of aromatic nitrogens is 5. The minimum atomic E-state index is -4.20. The van der Waals surface area contributed by atoms with E-state index in [0.29, 0.717) is 28.0 Å². The average Bonchev–Trinajstić information content (AvgIpc) is 3.31. The zero-order chi connectivity index (χ0) is 21.5. The highest BCUT2D eigenvalue weighted by Gasteiger charge is 2.41. The summed E-state index contributed by atoms with van der Waals surface area (Å²) in [5.74, 6) is -4.20. The average molecular weight is 414 g/mol. The van der Waals surface area contributed by atoms with Crippen molar-refractivity contribution in [2.75, 3.05) is 0 Å². The standard InChI is InChI=1S/C20H14F4N6/c1-12-9-29-5-4-13(6-17(29)27-12)18-16(3-2-15(7-25)28-18)14-8-26-30(10-14)11-20(23,24)19(21)22/h2-6,8-10,19H,11H2,1H3. The second-order valence-corrected chi connectivity index (χ2v) is 6.76. The van der Waals surface area contributed by atoms with E-state index in [-0.39, 0.29) is 5.69 Å². The van der Waals surface area contributed by atoms with Gasteiger partial charge in [0.15, 0.2) is 0 Å². The molecule has 4 rings (SSSR count). The first-order valence-corrected chi connectivity index (χ1v) is 8.82. The van der Waals surface area contributed by atoms with Gasteiger partial charge in [-0.2, -0.15) is 19.1 Å². The maximum absolute atomic E-state index is 13.4. The maximum Gasteiger partial charge on any atom is 0.326 e. The predicted octanol–water partition coefficient (Wildman–Crippen LogP) is 4.34. The molecule has 152 valence electrons. The largest absolute Gasteiger partial charge is 0.326 e. The number of fused-ring (bicyclic) bond motifs is 1. The molecule has 0 fully saturated rings. The molecule has 0 aliphatic carbocycles. The fourth-order valence-electron chi connectivity index (χ4n) is 3.10. The normalized spacial score (nSPS) is 11.9. The monoisotopic (exact) mass is 414 g/mol. The molecule has 0 amide bonds. The van der Waals surface area contributed by atoms with Crippen LogP contribution in [0.5, 0.6) is 0 Å². The van der Waals surface area contributed by atoms with Crippen LogP contribution in [0.2, 0.25) is 0 Å². The van der Waals surface area contributed by atoms with Gasteiger partial charge in [0.1, 0.15) is 24.0 Å². The van der Waals surface area contributed by atoms with Crippen LogP contribution in [0.3, 0.4) is 0 Å². The quantitative estimate of drug-likeness (QED) is 0.456. The van der Waals surface area contributed by atoms with Crippen LogP contribution in [0.1, 0.15) is 11.4 Å². The van der Waals surface area contributed by atoms with E-state index < -0.39 is 18.9 Å². The third-order valence-electron chi connectivity index (χ3n) is 4.50. The van der Waals surface area contributed by atoms with E-state index in [0.717, 1.165) is 10.4 Å². The number of imidazole rings is 1. The van der Waals surface area contributed by atoms with Crippen molar-refractivity contribution in [1.82, 2.24) is 24.1 Å². The lowest BCUT2D eigenvalue weighted by Gasteiger charge is -2.14. The third-order valence-corrected chi connectivity index (χ3v) is 4.50. The van der Waals surface area contributed by atoms with Gasteiger partial charge in [-0.3, -0.25) is 4.68 Å². The maximum atomic E-state index is 13.4. The topological polar surface area (TPSA) is 71.8 Å². The van der Waals surface area contributed by atoms with Crippen LogP contribution >= 0.6 is 0 Å². The Kier molecular flexibility index (Phi) is 4.73. The van der Waals surface area contributed by atoms with Crippen LogP contribution in [0.25, 0.3) is 28.0 Å². The number of nitriles is 1. The van der Waals surface area contributed by atoms with E-state index in [2.05, 4.69) is 15.1 Å². The number of rotatable bonds is 5. The summed E-state index contributed by atoms with van der Waals surface area (Å²) < 4.78 is 54.3. The smallest absolute Gasteiger partial charge is 0.307 e. The number of nitrogens with zero attached hydrogens (tertiary/aromatic N) is 6. The SMILES string of the molecule is Cc1cn2ccc(-c3nc(C#N)ccc3-c3cnn(CC(F)(F)C(F)F)c3)cc2n1. The Bertz CT molecular complexity index is 1270. The predicted molar refractivity (Wildman–Crippen MR) is 100 cm³/mol. The van der Waals surface area contributed by atoms with Gasteiger partial charge in [-0.15, -0.1) is 0 Å². The van der Waals surface area contributed by atoms with E-state index in [1.165, 1.54) is 18.5 Å². The van der Waals surface area contributed by atoms with Gasteiger partial charge in [0.05, 0.1) is 17.6 Å². The van der Waals surface area contributed by atoms with E-state index in [9.17, 15) is 22.8 Å². The van der Waals surface area contributed by atoms with Crippen molar-refractivity contribution < 1.29 is 17.6 Å². The lowest BCUT2D eigenvalue weighted by Crippen LogP contribution is -2.32. The molecule has 10 heteroatoms. The van der Waals surface area contributed by atoms with Crippen LogP contribution in [0.15, 0.2) is 49.1 Å². The van der Waals surface area contributed by atoms with E-state index in [1.54, 1.807) is 24.4 Å². The van der Waals surface area contributed by atoms with Crippen molar-refractivity contribution in [3.05, 3.63) is 60.4 Å². The Balaban J connectivity index is 1.78. The molecule has 0 aromatic carbocycles. The summed E-state index contributed by atoms with van der Waals surface area (Å²) in [5, 5.41) is 13.0. The van der Waals surface area contributed by atoms with Gasteiger partial charge in [-0.05, 0) is 31.2 Å². The van der Waals surface area contributed by atoms with E-state index in [4.69, 9.17) is 0 Å². The first-order valence-electron chi connectivity index (χ1n) is 8.82. The molecule has 0 radical (unpaired) electrons. The minimum Gasteiger partial charge on any atom is -0.307 e. The molecule has 30 heavy (non-hydrogen) atoms. The molecule has 0 spiro atoms. The molecule has 0 bridgehead atoms. The van der Waals surface area contributed by atoms with Crippen molar-refractivity contribution in [2.45, 2.75) is 25.8 Å². The Labute approximate surface area is 168 Å². The molecule has 0 aliphatic rings. The van der Waals surface area contributed by atoms with Crippen molar-refractivity contribution in [3.8, 4) is 28.5 Å². The molecule has 0 atom stereocenters. The lowest BCUT2D eigenvalue weighted by molar-refractivity contribution is -0.139. The number of hydrogen-bond acceptors (Lipinski definition) is 4. The molecule has 0 N–H and O–H groups in total. The minimum absolute atomic E-state index is 0.171. The number of alkyl halides is 4. The highest BCUT2D eigenvalue weighted by molar-refractivity contribution is 5.81. The molecule has 4 aromatic rings. The van der Waals surface area contributed by atoms with Gasteiger partial charge < -0.3 is 4.40 Å². The lowest BCUT2D eigenvalue weighted by atomic mass is 10.0. The summed E-state index contributed by atoms with van der Waals surface area (Å²) in [5.41, 5.74) is 3.69. The second kappa shape index (κ2) is 7.26. The number of pyridine rings is 2. The molecule has 0 saturated carbocycles. The van der Waals surface area contributed by atoms with Crippen molar-refractivity contribution in [2.24, 2.45) is 0 Å². The second-order valence-electron chi connectivity index (χ2n) is 6.76. The summed E-state index contributed by atoms with van der Waals surface area (Å²) in [6, 6.07) is 8.65. The molecular formula is C20H14F4N6. The van der Waals surface area contributed by atoms with Gasteiger partial charge in [-0.1, -0.05) is 0 Å². The van der Waals surface area contributed by atoms with Crippen molar-refractivity contribution >= 4 is 5.65 Å². The van der Waals surface area contributed by atoms with E-state index in [1.807, 2.05) is 23.6 Å². The fourth-order valence-corrected chi connectivity index (χ4v) is 3.10. The summed E-state index contributed by atoms with van der Waals surface area (Å²) in [6.07, 6.45) is 2.41. The van der Waals surface area contributed by atoms with Crippen molar-refractivity contribution in [3.63, 3.8) is 0 Å². The first kappa shape index (κ1) is 19.6. The Hall–Kier alpha value is -3.74. The molecular weight excluding hydrogens is 400 g/mol. The summed E-state index contributed by atoms with van der Waals surface area (Å²) in [7, 11) is 0. The van der Waals surface area contributed by atoms with Crippen LogP contribution in [-0.4, -0.2) is 36.5 Å². The van der Waals surface area contributed by atoms with Crippen LogP contribution < -0.4 is 0 Å². The zero-order valence-corrected chi connectivity index (χ0v) is 15.6. The van der Waals surface area contributed by atoms with Gasteiger partial charge >= 0.3 is 12.3 Å². The fraction of sp³-hybridized carbons (Fsp3) is 0.200. The Morgan fingerprint density at radius 1 is 1.13 bits per heavy atom. The Morgan fingerprint density at radius 2 is 1.93 bits per heavy atom. The zero-order valence-electron chi connectivity index (χ0n) is 15.6. The van der Waals surface area contributed by atoms with E-state index >= 15 is 0 Å². The molecule has 0 aliphatic heterocycles. The molecule has 0 unspecified atom stereocenters. The number of hydrogen-bond donors (Lipinski definition) is 0. The molecule has 0 saturated heterocycles. The first-order chi connectivity index (χ1) is 14.3. The number of aryl methyl sites for hydroxylation is 1. The van der Waals surface area contributed by atoms with Crippen LogP contribution in [0, 0.1) is 18.3 Å². The van der Waals surface area contributed by atoms with Gasteiger partial charge in [0.25, 0.3) is 0 Å². The van der Waals surface area contributed by atoms with Gasteiger partial charge in [-0.25, -0.2) is 18.7 Å². The van der Waals surface area contributed by atoms with Crippen LogP contribution in [-0.2, 0) is 6.54 Å². The highest BCUT2D eigenvalue weighted by Crippen LogP contribution is 2.32. The molecule has 4 aromatic heterocycles.